The number of aryl methyl sites for hydroxylation is 1. The van der Waals surface area contributed by atoms with Gasteiger partial charge in [0.15, 0.2) is 5.11 Å². The summed E-state index contributed by atoms with van der Waals surface area (Å²) in [5, 5.41) is 17.0. The van der Waals surface area contributed by atoms with Crippen LogP contribution in [0.1, 0.15) is 17.4 Å². The minimum atomic E-state index is -0.649. The number of hydrogen-bond acceptors (Lipinski definition) is 5. The van der Waals surface area contributed by atoms with E-state index in [1.54, 1.807) is 19.1 Å². The van der Waals surface area contributed by atoms with Crippen LogP contribution in [0.3, 0.4) is 0 Å². The second-order valence-electron chi connectivity index (χ2n) is 4.78. The highest BCUT2D eigenvalue weighted by atomic mass is 32.1. The summed E-state index contributed by atoms with van der Waals surface area (Å²) in [7, 11) is 0. The van der Waals surface area contributed by atoms with Gasteiger partial charge in [0.25, 0.3) is 11.2 Å². The maximum absolute atomic E-state index is 12.3. The van der Waals surface area contributed by atoms with Crippen LogP contribution in [0, 0.1) is 17.0 Å². The number of nitro benzene ring substituents is 1. The monoisotopic (exact) mass is 317 g/mol. The largest absolute Gasteiger partial charge is 0.338 e. The van der Waals surface area contributed by atoms with Gasteiger partial charge in [0.1, 0.15) is 6.17 Å². The summed E-state index contributed by atoms with van der Waals surface area (Å²) in [4.78, 5) is 26.9. The Hall–Kier alpha value is -2.81. The third kappa shape index (κ3) is 2.42. The van der Waals surface area contributed by atoms with Crippen LogP contribution in [0.4, 0.5) is 11.6 Å². The van der Waals surface area contributed by atoms with E-state index >= 15 is 0 Å². The number of non-ortho nitro benzene ring substituents is 1. The minimum absolute atomic E-state index is 0.0570. The van der Waals surface area contributed by atoms with Gasteiger partial charge in [0.05, 0.1) is 4.92 Å². The molecule has 0 fully saturated rings. The Kier molecular flexibility index (Phi) is 3.33. The summed E-state index contributed by atoms with van der Waals surface area (Å²) in [5.74, 6) is 0.310. The second-order valence-corrected chi connectivity index (χ2v) is 5.19. The minimum Gasteiger partial charge on any atom is -0.338 e. The first kappa shape index (κ1) is 14.1. The number of nitro groups is 1. The van der Waals surface area contributed by atoms with E-state index < -0.39 is 11.1 Å². The smallest absolute Gasteiger partial charge is 0.269 e. The molecule has 2 aromatic rings. The van der Waals surface area contributed by atoms with Crippen molar-refractivity contribution in [3.63, 3.8) is 0 Å². The molecular formula is C13H11N5O3S. The summed E-state index contributed by atoms with van der Waals surface area (Å²) in [6, 6.07) is 7.44. The predicted molar refractivity (Wildman–Crippen MR) is 83.8 cm³/mol. The highest BCUT2D eigenvalue weighted by molar-refractivity contribution is 7.80. The lowest BCUT2D eigenvalue weighted by Gasteiger charge is -2.30. The fourth-order valence-electron chi connectivity index (χ4n) is 2.31. The fourth-order valence-corrected chi connectivity index (χ4v) is 2.51. The summed E-state index contributed by atoms with van der Waals surface area (Å²) >= 11 is 5.12. The van der Waals surface area contributed by atoms with Crippen molar-refractivity contribution in [3.05, 3.63) is 62.1 Å². The topological polar surface area (TPSA) is 102 Å². The zero-order chi connectivity index (χ0) is 15.9. The number of nitrogens with zero attached hydrogens (tertiary/aromatic N) is 3. The Morgan fingerprint density at radius 2 is 2.18 bits per heavy atom. The third-order valence-electron chi connectivity index (χ3n) is 3.23. The van der Waals surface area contributed by atoms with Crippen LogP contribution < -0.4 is 16.2 Å². The Morgan fingerprint density at radius 3 is 2.91 bits per heavy atom. The number of rotatable bonds is 2. The van der Waals surface area contributed by atoms with Crippen molar-refractivity contribution in [3.8, 4) is 0 Å². The number of aromatic nitrogens is 2. The average molecular weight is 317 g/mol. The van der Waals surface area contributed by atoms with E-state index in [-0.39, 0.29) is 11.2 Å². The molecule has 1 aliphatic rings. The molecule has 3 rings (SSSR count). The number of anilines is 1. The Bertz CT molecular complexity index is 848. The van der Waals surface area contributed by atoms with Crippen LogP contribution in [0.5, 0.6) is 0 Å². The van der Waals surface area contributed by atoms with Crippen molar-refractivity contribution >= 4 is 29.0 Å². The summed E-state index contributed by atoms with van der Waals surface area (Å²) < 4.78 is 1.38. The Balaban J connectivity index is 2.17. The first-order chi connectivity index (χ1) is 10.5. The fraction of sp³-hybridized carbons (Fsp3) is 0.154. The maximum atomic E-state index is 12.3. The lowest BCUT2D eigenvalue weighted by atomic mass is 10.1. The molecule has 0 radical (unpaired) electrons. The quantitative estimate of drug-likeness (QED) is 0.489. The maximum Gasteiger partial charge on any atom is 0.269 e. The van der Waals surface area contributed by atoms with E-state index in [0.717, 1.165) is 0 Å². The summed E-state index contributed by atoms with van der Waals surface area (Å²) in [6.45, 7) is 1.71. The van der Waals surface area contributed by atoms with Crippen LogP contribution >= 0.6 is 12.2 Å². The molecular weight excluding hydrogens is 306 g/mol. The zero-order valence-corrected chi connectivity index (χ0v) is 12.3. The number of fused-ring (bicyclic) bond motifs is 1. The van der Waals surface area contributed by atoms with Gasteiger partial charge in [0, 0.05) is 29.5 Å². The van der Waals surface area contributed by atoms with Crippen LogP contribution in [-0.4, -0.2) is 19.6 Å². The molecule has 1 aromatic carbocycles. The van der Waals surface area contributed by atoms with Gasteiger partial charge in [-0.3, -0.25) is 19.5 Å². The molecule has 0 bridgehead atoms. The average Bonchev–Trinajstić information content (AvgIpc) is 2.45. The zero-order valence-electron chi connectivity index (χ0n) is 11.4. The van der Waals surface area contributed by atoms with Gasteiger partial charge in [-0.25, -0.2) is 4.98 Å². The van der Waals surface area contributed by atoms with Crippen molar-refractivity contribution in [2.45, 2.75) is 13.1 Å². The van der Waals surface area contributed by atoms with Gasteiger partial charge >= 0.3 is 0 Å². The molecule has 2 N–H and O–H groups in total. The van der Waals surface area contributed by atoms with Gasteiger partial charge in [-0.1, -0.05) is 12.1 Å². The van der Waals surface area contributed by atoms with Crippen molar-refractivity contribution in [2.75, 3.05) is 5.32 Å². The second kappa shape index (κ2) is 5.19. The molecule has 0 spiro atoms. The Morgan fingerprint density at radius 1 is 1.41 bits per heavy atom. The van der Waals surface area contributed by atoms with E-state index in [0.29, 0.717) is 22.3 Å². The molecule has 1 unspecified atom stereocenters. The molecule has 0 saturated heterocycles. The SMILES string of the molecule is Cc1cc(=O)n2c(n1)NC(=S)NC2c1cccc([N+](=O)[O-])c1. The lowest BCUT2D eigenvalue weighted by molar-refractivity contribution is -0.384. The van der Waals surface area contributed by atoms with E-state index in [4.69, 9.17) is 12.2 Å². The molecule has 9 heteroatoms. The number of nitrogens with one attached hydrogen (secondary N) is 2. The highest BCUT2D eigenvalue weighted by Gasteiger charge is 2.26. The molecule has 8 nitrogen and oxygen atoms in total. The molecule has 0 aliphatic carbocycles. The van der Waals surface area contributed by atoms with E-state index in [1.165, 1.54) is 22.8 Å². The van der Waals surface area contributed by atoms with Gasteiger partial charge in [-0.15, -0.1) is 0 Å². The molecule has 22 heavy (non-hydrogen) atoms. The predicted octanol–water partition coefficient (Wildman–Crippen LogP) is 1.31. The van der Waals surface area contributed by atoms with Gasteiger partial charge < -0.3 is 10.6 Å². The van der Waals surface area contributed by atoms with Gasteiger partial charge in [0.2, 0.25) is 5.95 Å². The van der Waals surface area contributed by atoms with Gasteiger partial charge in [-0.05, 0) is 19.1 Å². The Labute approximate surface area is 129 Å². The van der Waals surface area contributed by atoms with E-state index in [1.807, 2.05) is 0 Å². The molecule has 0 saturated carbocycles. The normalized spacial score (nSPS) is 16.4. The van der Waals surface area contributed by atoms with Crippen LogP contribution in [-0.2, 0) is 0 Å². The standard InChI is InChI=1S/C13H11N5O3S/c1-7-5-10(19)17-11(15-13(22)16-12(17)14-7)8-3-2-4-9(6-8)18(20)21/h2-6,11H,1H3,(H2,14,15,16,22). The van der Waals surface area contributed by atoms with Crippen LogP contribution in [0.2, 0.25) is 0 Å². The molecule has 2 heterocycles. The molecule has 1 aliphatic heterocycles. The number of hydrogen-bond donors (Lipinski definition) is 2. The molecule has 1 aromatic heterocycles. The van der Waals surface area contributed by atoms with Crippen molar-refractivity contribution in [1.82, 2.24) is 14.9 Å². The summed E-state index contributed by atoms with van der Waals surface area (Å²) in [6.07, 6.45) is -0.649. The number of thiocarbonyl (C=S) groups is 1. The number of benzene rings is 1. The van der Waals surface area contributed by atoms with E-state index in [9.17, 15) is 14.9 Å². The van der Waals surface area contributed by atoms with Crippen molar-refractivity contribution in [2.24, 2.45) is 0 Å². The van der Waals surface area contributed by atoms with Crippen LogP contribution in [0.15, 0.2) is 35.1 Å². The van der Waals surface area contributed by atoms with Crippen molar-refractivity contribution < 1.29 is 4.92 Å². The third-order valence-corrected chi connectivity index (χ3v) is 3.45. The molecule has 0 amide bonds. The van der Waals surface area contributed by atoms with Crippen molar-refractivity contribution in [1.29, 1.82) is 0 Å². The first-order valence-electron chi connectivity index (χ1n) is 6.38. The lowest BCUT2D eigenvalue weighted by Crippen LogP contribution is -2.47. The van der Waals surface area contributed by atoms with Gasteiger partial charge in [-0.2, -0.15) is 0 Å². The molecule has 112 valence electrons. The van der Waals surface area contributed by atoms with Crippen LogP contribution in [0.25, 0.3) is 0 Å². The summed E-state index contributed by atoms with van der Waals surface area (Å²) in [5.41, 5.74) is 0.776. The highest BCUT2D eigenvalue weighted by Crippen LogP contribution is 2.24. The van der Waals surface area contributed by atoms with E-state index in [2.05, 4.69) is 15.6 Å². The molecule has 1 atom stereocenters. The first-order valence-corrected chi connectivity index (χ1v) is 6.78.